The molecule has 2 amide bonds. The lowest BCUT2D eigenvalue weighted by atomic mass is 9.93. The number of carbonyl (C=O) groups excluding carboxylic acids is 2. The molecule has 2 unspecified atom stereocenters. The maximum atomic E-state index is 12.2. The van der Waals surface area contributed by atoms with E-state index in [1.165, 1.54) is 0 Å². The Kier molecular flexibility index (Phi) is 6.39. The van der Waals surface area contributed by atoms with Crippen LogP contribution in [-0.4, -0.2) is 17.9 Å². The van der Waals surface area contributed by atoms with Gasteiger partial charge in [-0.2, -0.15) is 0 Å². The molecule has 2 N–H and O–H groups in total. The molecule has 1 aromatic carbocycles. The Bertz CT molecular complexity index is 580. The van der Waals surface area contributed by atoms with E-state index >= 15 is 0 Å². The number of amides is 2. The molecule has 2 rings (SSSR count). The van der Waals surface area contributed by atoms with E-state index in [1.54, 1.807) is 6.07 Å². The number of hydrogen-bond donors (Lipinski definition) is 2. The molecule has 0 saturated heterocycles. The molecule has 0 heterocycles. The van der Waals surface area contributed by atoms with Gasteiger partial charge in [-0.25, -0.2) is 0 Å². The fourth-order valence-electron chi connectivity index (χ4n) is 2.60. The highest BCUT2D eigenvalue weighted by Crippen LogP contribution is 2.18. The van der Waals surface area contributed by atoms with Gasteiger partial charge in [-0.1, -0.05) is 31.2 Å². The fourth-order valence-corrected chi connectivity index (χ4v) is 2.60. The lowest BCUT2D eigenvalue weighted by molar-refractivity contribution is -0.125. The van der Waals surface area contributed by atoms with E-state index in [4.69, 9.17) is 0 Å². The first-order valence-electron chi connectivity index (χ1n) is 8.42. The molecule has 0 aromatic heterocycles. The van der Waals surface area contributed by atoms with E-state index < -0.39 is 0 Å². The van der Waals surface area contributed by atoms with Gasteiger partial charge in [-0.3, -0.25) is 9.59 Å². The molecule has 0 bridgehead atoms. The van der Waals surface area contributed by atoms with Crippen LogP contribution in [0.4, 0.5) is 0 Å². The maximum absolute atomic E-state index is 12.2. The number of carbonyl (C=O) groups is 2. The van der Waals surface area contributed by atoms with Gasteiger partial charge in [-0.05, 0) is 50.3 Å². The Morgan fingerprint density at radius 2 is 2.13 bits per heavy atom. The molecule has 4 heteroatoms. The van der Waals surface area contributed by atoms with Crippen molar-refractivity contribution in [3.8, 4) is 0 Å². The molecule has 1 aliphatic carbocycles. The van der Waals surface area contributed by atoms with Gasteiger partial charge in [0, 0.05) is 24.1 Å². The summed E-state index contributed by atoms with van der Waals surface area (Å²) in [4.78, 5) is 24.3. The summed E-state index contributed by atoms with van der Waals surface area (Å²) in [5.41, 5.74) is 1.58. The van der Waals surface area contributed by atoms with E-state index in [1.807, 2.05) is 32.0 Å². The third-order valence-electron chi connectivity index (χ3n) is 4.29. The highest BCUT2D eigenvalue weighted by molar-refractivity contribution is 5.94. The zero-order valence-corrected chi connectivity index (χ0v) is 14.0. The molecule has 1 aromatic rings. The summed E-state index contributed by atoms with van der Waals surface area (Å²) in [6.45, 7) is 4.49. The van der Waals surface area contributed by atoms with Gasteiger partial charge in [0.05, 0.1) is 0 Å². The van der Waals surface area contributed by atoms with Crippen molar-refractivity contribution in [3.05, 3.63) is 47.5 Å². The Morgan fingerprint density at radius 1 is 1.30 bits per heavy atom. The average Bonchev–Trinajstić information content (AvgIpc) is 2.60. The van der Waals surface area contributed by atoms with Crippen LogP contribution in [0.5, 0.6) is 0 Å². The minimum Gasteiger partial charge on any atom is -0.352 e. The van der Waals surface area contributed by atoms with Gasteiger partial charge >= 0.3 is 0 Å². The summed E-state index contributed by atoms with van der Waals surface area (Å²) in [5, 5.41) is 5.94. The number of rotatable bonds is 6. The fraction of sp³-hybridized carbons (Fsp3) is 0.474. The molecule has 124 valence electrons. The Hall–Kier alpha value is -2.10. The summed E-state index contributed by atoms with van der Waals surface area (Å²) in [6, 6.07) is 7.59. The first-order valence-corrected chi connectivity index (χ1v) is 8.42. The second-order valence-corrected chi connectivity index (χ2v) is 6.18. The number of allylic oxidation sites excluding steroid dienone is 2. The van der Waals surface area contributed by atoms with Crippen molar-refractivity contribution in [2.24, 2.45) is 5.92 Å². The van der Waals surface area contributed by atoms with Crippen molar-refractivity contribution in [1.82, 2.24) is 10.6 Å². The molecule has 2 atom stereocenters. The molecule has 0 saturated carbocycles. The first-order chi connectivity index (χ1) is 11.1. The van der Waals surface area contributed by atoms with Gasteiger partial charge in [-0.15, -0.1) is 0 Å². The minimum atomic E-state index is -0.0649. The summed E-state index contributed by atoms with van der Waals surface area (Å²) in [7, 11) is 0. The predicted molar refractivity (Wildman–Crippen MR) is 92.0 cm³/mol. The molecule has 0 spiro atoms. The lowest BCUT2D eigenvalue weighted by Gasteiger charge is -2.17. The van der Waals surface area contributed by atoms with E-state index in [0.29, 0.717) is 12.1 Å². The van der Waals surface area contributed by atoms with Gasteiger partial charge in [0.15, 0.2) is 0 Å². The SMILES string of the molecule is CCC(C)NC(=O)c1cccc(CNC(=O)C2CC=CCC2)c1. The summed E-state index contributed by atoms with van der Waals surface area (Å²) >= 11 is 0. The van der Waals surface area contributed by atoms with Crippen LogP contribution in [0.2, 0.25) is 0 Å². The standard InChI is InChI=1S/C19H26N2O2/c1-3-14(2)21-19(23)17-11-7-8-15(12-17)13-20-18(22)16-9-5-4-6-10-16/h4-5,7-8,11-12,14,16H,3,6,9-10,13H2,1-2H3,(H,20,22)(H,21,23). The monoisotopic (exact) mass is 314 g/mol. The summed E-state index contributed by atoms with van der Waals surface area (Å²) in [5.74, 6) is 0.116. The molecule has 0 aliphatic heterocycles. The smallest absolute Gasteiger partial charge is 0.251 e. The van der Waals surface area contributed by atoms with Gasteiger partial charge in [0.25, 0.3) is 5.91 Å². The molecule has 1 aliphatic rings. The number of benzene rings is 1. The second-order valence-electron chi connectivity index (χ2n) is 6.18. The molecular weight excluding hydrogens is 288 g/mol. The van der Waals surface area contributed by atoms with Crippen molar-refractivity contribution in [1.29, 1.82) is 0 Å². The number of nitrogens with one attached hydrogen (secondary N) is 2. The zero-order valence-electron chi connectivity index (χ0n) is 14.0. The maximum Gasteiger partial charge on any atom is 0.251 e. The first kappa shape index (κ1) is 17.3. The van der Waals surface area contributed by atoms with E-state index in [0.717, 1.165) is 31.2 Å². The predicted octanol–water partition coefficient (Wildman–Crippen LogP) is 3.19. The molecule has 23 heavy (non-hydrogen) atoms. The van der Waals surface area contributed by atoms with Crippen LogP contribution < -0.4 is 10.6 Å². The van der Waals surface area contributed by atoms with Crippen LogP contribution in [0.15, 0.2) is 36.4 Å². The van der Waals surface area contributed by atoms with Crippen LogP contribution in [-0.2, 0) is 11.3 Å². The Balaban J connectivity index is 1.90. The third-order valence-corrected chi connectivity index (χ3v) is 4.29. The van der Waals surface area contributed by atoms with Crippen molar-refractivity contribution >= 4 is 11.8 Å². The zero-order chi connectivity index (χ0) is 16.7. The highest BCUT2D eigenvalue weighted by atomic mass is 16.2. The van der Waals surface area contributed by atoms with E-state index in [9.17, 15) is 9.59 Å². The Labute approximate surface area is 138 Å². The largest absolute Gasteiger partial charge is 0.352 e. The molecular formula is C19H26N2O2. The molecule has 0 fully saturated rings. The van der Waals surface area contributed by atoms with Crippen molar-refractivity contribution in [2.75, 3.05) is 0 Å². The summed E-state index contributed by atoms with van der Waals surface area (Å²) < 4.78 is 0. The lowest BCUT2D eigenvalue weighted by Crippen LogP contribution is -2.32. The van der Waals surface area contributed by atoms with Crippen LogP contribution >= 0.6 is 0 Å². The second kappa shape index (κ2) is 8.51. The molecule has 0 radical (unpaired) electrons. The quantitative estimate of drug-likeness (QED) is 0.792. The third kappa shape index (κ3) is 5.23. The minimum absolute atomic E-state index is 0.0649. The topological polar surface area (TPSA) is 58.2 Å². The van der Waals surface area contributed by atoms with Crippen LogP contribution in [0.1, 0.15) is 55.5 Å². The van der Waals surface area contributed by atoms with Crippen LogP contribution in [0.25, 0.3) is 0 Å². The van der Waals surface area contributed by atoms with Crippen LogP contribution in [0.3, 0.4) is 0 Å². The van der Waals surface area contributed by atoms with E-state index in [-0.39, 0.29) is 23.8 Å². The summed E-state index contributed by atoms with van der Waals surface area (Å²) in [6.07, 6.45) is 7.82. The normalized spacial score (nSPS) is 18.3. The van der Waals surface area contributed by atoms with Gasteiger partial charge in [0.1, 0.15) is 0 Å². The van der Waals surface area contributed by atoms with Crippen molar-refractivity contribution < 1.29 is 9.59 Å². The van der Waals surface area contributed by atoms with Crippen molar-refractivity contribution in [2.45, 2.75) is 52.1 Å². The van der Waals surface area contributed by atoms with E-state index in [2.05, 4.69) is 22.8 Å². The highest BCUT2D eigenvalue weighted by Gasteiger charge is 2.18. The molecule has 4 nitrogen and oxygen atoms in total. The van der Waals surface area contributed by atoms with Gasteiger partial charge < -0.3 is 10.6 Å². The number of hydrogen-bond acceptors (Lipinski definition) is 2. The Morgan fingerprint density at radius 3 is 2.83 bits per heavy atom. The van der Waals surface area contributed by atoms with Gasteiger partial charge in [0.2, 0.25) is 5.91 Å². The average molecular weight is 314 g/mol. The van der Waals surface area contributed by atoms with Crippen LogP contribution in [0, 0.1) is 5.92 Å². The van der Waals surface area contributed by atoms with Crippen molar-refractivity contribution in [3.63, 3.8) is 0 Å².